The molecule has 3 nitrogen and oxygen atoms in total. The molecule has 0 aromatic carbocycles. The van der Waals surface area contributed by atoms with E-state index in [4.69, 9.17) is 5.73 Å². The van der Waals surface area contributed by atoms with Crippen molar-refractivity contribution in [1.82, 2.24) is 10.6 Å². The van der Waals surface area contributed by atoms with Gasteiger partial charge in [-0.1, -0.05) is 19.8 Å². The zero-order valence-corrected chi connectivity index (χ0v) is 8.94. The van der Waals surface area contributed by atoms with Gasteiger partial charge in [0.15, 0.2) is 0 Å². The van der Waals surface area contributed by atoms with Crippen LogP contribution in [0.25, 0.3) is 0 Å². The number of hydrogen-bond donors (Lipinski definition) is 3. The summed E-state index contributed by atoms with van der Waals surface area (Å²) in [5, 5.41) is 6.70. The zero-order chi connectivity index (χ0) is 9.78. The molecular weight excluding hydrogens is 162 g/mol. The largest absolute Gasteiger partial charge is 0.329 e. The molecule has 0 aliphatic heterocycles. The van der Waals surface area contributed by atoms with Gasteiger partial charge in [0.2, 0.25) is 0 Å². The van der Waals surface area contributed by atoms with Crippen LogP contribution in [0.4, 0.5) is 0 Å². The number of rotatable bonds is 10. The van der Waals surface area contributed by atoms with Crippen molar-refractivity contribution in [3.63, 3.8) is 0 Å². The van der Waals surface area contributed by atoms with E-state index in [1.165, 1.54) is 32.2 Å². The molecule has 0 heterocycles. The first-order valence-corrected chi connectivity index (χ1v) is 5.53. The number of nitrogens with one attached hydrogen (secondary N) is 2. The molecule has 0 spiro atoms. The van der Waals surface area contributed by atoms with Crippen LogP contribution in [-0.4, -0.2) is 32.7 Å². The highest BCUT2D eigenvalue weighted by Crippen LogP contribution is 1.90. The van der Waals surface area contributed by atoms with Gasteiger partial charge >= 0.3 is 0 Å². The van der Waals surface area contributed by atoms with Crippen molar-refractivity contribution in [1.29, 1.82) is 0 Å². The summed E-state index contributed by atoms with van der Waals surface area (Å²) in [6.45, 7) is 7.29. The highest BCUT2D eigenvalue weighted by molar-refractivity contribution is 4.52. The first-order chi connectivity index (χ1) is 6.41. The fourth-order valence-electron chi connectivity index (χ4n) is 1.19. The van der Waals surface area contributed by atoms with Crippen molar-refractivity contribution in [2.45, 2.75) is 32.6 Å². The first-order valence-electron chi connectivity index (χ1n) is 5.53. The molecule has 0 aliphatic carbocycles. The molecule has 3 heteroatoms. The molecule has 0 atom stereocenters. The molecular formula is C10H25N3. The Morgan fingerprint density at radius 2 is 1.46 bits per heavy atom. The Bertz CT molecular complexity index is 76.2. The van der Waals surface area contributed by atoms with E-state index in [0.717, 1.165) is 26.2 Å². The molecule has 0 aromatic rings. The molecule has 80 valence electrons. The number of hydrogen-bond acceptors (Lipinski definition) is 3. The molecule has 0 rings (SSSR count). The van der Waals surface area contributed by atoms with Crippen LogP contribution in [0, 0.1) is 0 Å². The summed E-state index contributed by atoms with van der Waals surface area (Å²) in [7, 11) is 0. The minimum atomic E-state index is 0.740. The SMILES string of the molecule is CCCCCNCCCNCCN. The Hall–Kier alpha value is -0.120. The smallest absolute Gasteiger partial charge is 0.00745 e. The summed E-state index contributed by atoms with van der Waals surface area (Å²) in [5.41, 5.74) is 5.35. The summed E-state index contributed by atoms with van der Waals surface area (Å²) in [4.78, 5) is 0. The third-order valence-corrected chi connectivity index (χ3v) is 1.99. The summed E-state index contributed by atoms with van der Waals surface area (Å²) >= 11 is 0. The van der Waals surface area contributed by atoms with E-state index in [1.54, 1.807) is 0 Å². The Morgan fingerprint density at radius 1 is 0.846 bits per heavy atom. The molecule has 13 heavy (non-hydrogen) atoms. The van der Waals surface area contributed by atoms with Crippen molar-refractivity contribution in [2.75, 3.05) is 32.7 Å². The van der Waals surface area contributed by atoms with Gasteiger partial charge in [0.25, 0.3) is 0 Å². The molecule has 4 N–H and O–H groups in total. The standard InChI is InChI=1S/C10H25N3/c1-2-3-4-7-12-8-5-9-13-10-6-11/h12-13H,2-11H2,1H3. The average molecular weight is 187 g/mol. The normalized spacial score (nSPS) is 10.6. The lowest BCUT2D eigenvalue weighted by Gasteiger charge is -2.04. The predicted molar refractivity (Wildman–Crippen MR) is 58.9 cm³/mol. The van der Waals surface area contributed by atoms with E-state index in [0.29, 0.717) is 0 Å². The van der Waals surface area contributed by atoms with Gasteiger partial charge in [0.05, 0.1) is 0 Å². The van der Waals surface area contributed by atoms with Crippen molar-refractivity contribution in [3.8, 4) is 0 Å². The Kier molecular flexibility index (Phi) is 11.8. The molecule has 0 amide bonds. The van der Waals surface area contributed by atoms with Gasteiger partial charge in [0, 0.05) is 13.1 Å². The Labute approximate surface area is 82.5 Å². The predicted octanol–water partition coefficient (Wildman–Crippen LogP) is 0.705. The van der Waals surface area contributed by atoms with E-state index in [2.05, 4.69) is 17.6 Å². The average Bonchev–Trinajstić information content (AvgIpc) is 2.16. The second-order valence-electron chi connectivity index (χ2n) is 3.35. The van der Waals surface area contributed by atoms with E-state index < -0.39 is 0 Å². The summed E-state index contributed by atoms with van der Waals surface area (Å²) in [5.74, 6) is 0. The van der Waals surface area contributed by atoms with Gasteiger partial charge in [-0.05, 0) is 32.5 Å². The van der Waals surface area contributed by atoms with E-state index in [9.17, 15) is 0 Å². The number of nitrogens with two attached hydrogens (primary N) is 1. The molecule has 0 saturated carbocycles. The third kappa shape index (κ3) is 11.9. The fourth-order valence-corrected chi connectivity index (χ4v) is 1.19. The van der Waals surface area contributed by atoms with Crippen LogP contribution in [0.5, 0.6) is 0 Å². The molecule has 0 fully saturated rings. The van der Waals surface area contributed by atoms with E-state index in [1.807, 2.05) is 0 Å². The fraction of sp³-hybridized carbons (Fsp3) is 1.00. The molecule has 0 saturated heterocycles. The van der Waals surface area contributed by atoms with Gasteiger partial charge in [-0.15, -0.1) is 0 Å². The summed E-state index contributed by atoms with van der Waals surface area (Å²) in [6, 6.07) is 0. The van der Waals surface area contributed by atoms with Gasteiger partial charge in [-0.25, -0.2) is 0 Å². The highest BCUT2D eigenvalue weighted by atomic mass is 14.9. The second-order valence-corrected chi connectivity index (χ2v) is 3.35. The minimum absolute atomic E-state index is 0.740. The van der Waals surface area contributed by atoms with Crippen molar-refractivity contribution in [3.05, 3.63) is 0 Å². The van der Waals surface area contributed by atoms with Crippen LogP contribution in [0.3, 0.4) is 0 Å². The van der Waals surface area contributed by atoms with Crippen LogP contribution in [0.15, 0.2) is 0 Å². The van der Waals surface area contributed by atoms with Gasteiger partial charge in [-0.2, -0.15) is 0 Å². The lowest BCUT2D eigenvalue weighted by Crippen LogP contribution is -2.26. The van der Waals surface area contributed by atoms with Crippen LogP contribution in [-0.2, 0) is 0 Å². The third-order valence-electron chi connectivity index (χ3n) is 1.99. The topological polar surface area (TPSA) is 50.1 Å². The quantitative estimate of drug-likeness (QED) is 0.441. The van der Waals surface area contributed by atoms with Crippen LogP contribution in [0.1, 0.15) is 32.6 Å². The summed E-state index contributed by atoms with van der Waals surface area (Å²) < 4.78 is 0. The van der Waals surface area contributed by atoms with Crippen molar-refractivity contribution >= 4 is 0 Å². The van der Waals surface area contributed by atoms with Crippen LogP contribution >= 0.6 is 0 Å². The second kappa shape index (κ2) is 11.9. The van der Waals surface area contributed by atoms with Gasteiger partial charge < -0.3 is 16.4 Å². The number of unbranched alkanes of at least 4 members (excludes halogenated alkanes) is 2. The molecule has 0 bridgehead atoms. The minimum Gasteiger partial charge on any atom is -0.329 e. The van der Waals surface area contributed by atoms with Crippen molar-refractivity contribution in [2.24, 2.45) is 5.73 Å². The first kappa shape index (κ1) is 12.9. The zero-order valence-electron chi connectivity index (χ0n) is 8.94. The monoisotopic (exact) mass is 187 g/mol. The molecule has 0 aromatic heterocycles. The maximum Gasteiger partial charge on any atom is 0.00745 e. The van der Waals surface area contributed by atoms with E-state index >= 15 is 0 Å². The summed E-state index contributed by atoms with van der Waals surface area (Å²) in [6.07, 6.45) is 5.16. The maximum absolute atomic E-state index is 5.35. The van der Waals surface area contributed by atoms with Crippen molar-refractivity contribution < 1.29 is 0 Å². The van der Waals surface area contributed by atoms with Crippen LogP contribution in [0.2, 0.25) is 0 Å². The Balaban J connectivity index is 2.76. The lowest BCUT2D eigenvalue weighted by atomic mass is 10.2. The van der Waals surface area contributed by atoms with Gasteiger partial charge in [0.1, 0.15) is 0 Å². The molecule has 0 aliphatic rings. The van der Waals surface area contributed by atoms with Gasteiger partial charge in [-0.3, -0.25) is 0 Å². The maximum atomic E-state index is 5.35. The molecule has 0 unspecified atom stereocenters. The Morgan fingerprint density at radius 3 is 2.08 bits per heavy atom. The lowest BCUT2D eigenvalue weighted by molar-refractivity contribution is 0.574. The highest BCUT2D eigenvalue weighted by Gasteiger charge is 1.88. The van der Waals surface area contributed by atoms with Crippen LogP contribution < -0.4 is 16.4 Å². The molecule has 0 radical (unpaired) electrons. The van der Waals surface area contributed by atoms with E-state index in [-0.39, 0.29) is 0 Å².